The van der Waals surface area contributed by atoms with Gasteiger partial charge in [-0.2, -0.15) is 0 Å². The van der Waals surface area contributed by atoms with Crippen molar-refractivity contribution in [3.63, 3.8) is 0 Å². The zero-order valence-corrected chi connectivity index (χ0v) is 46.3. The molecule has 19 nitrogen and oxygen atoms in total. The minimum atomic E-state index is -0.833. The summed E-state index contributed by atoms with van der Waals surface area (Å²) in [5.74, 6) is -1.52. The lowest BCUT2D eigenvalue weighted by atomic mass is 9.99. The monoisotopic (exact) mass is 1150 g/mol. The lowest BCUT2D eigenvalue weighted by Crippen LogP contribution is -2.60. The van der Waals surface area contributed by atoms with E-state index >= 15 is 0 Å². The van der Waals surface area contributed by atoms with E-state index in [1.54, 1.807) is 40.1 Å². The predicted molar refractivity (Wildman–Crippen MR) is 319 cm³/mol. The smallest absolute Gasteiger partial charge is 0.300 e. The van der Waals surface area contributed by atoms with Crippen LogP contribution in [0.1, 0.15) is 51.8 Å². The number of nitrogen functional groups attached to an aromatic ring is 3. The molecule has 5 amide bonds. The average molecular weight is 1150 g/mol. The summed E-state index contributed by atoms with van der Waals surface area (Å²) in [6, 6.07) is 35.3. The number of benzene rings is 6. The molecule has 0 bridgehead atoms. The molecule has 9 aromatic rings. The van der Waals surface area contributed by atoms with Gasteiger partial charge in [0.15, 0.2) is 0 Å². The summed E-state index contributed by atoms with van der Waals surface area (Å²) in [5, 5.41) is 23.4. The molecule has 3 aromatic heterocycles. The van der Waals surface area contributed by atoms with E-state index in [1.165, 1.54) is 68.8 Å². The van der Waals surface area contributed by atoms with Gasteiger partial charge < -0.3 is 53.4 Å². The Hall–Kier alpha value is -10.5. The van der Waals surface area contributed by atoms with Crippen molar-refractivity contribution in [1.82, 2.24) is 46.0 Å². The molecule has 434 valence electrons. The molecule has 3 saturated heterocycles. The number of aliphatic carboxylic acids is 1. The maximum absolute atomic E-state index is 13.5. The molecule has 0 spiro atoms. The molecule has 6 aromatic carbocycles. The van der Waals surface area contributed by atoms with Crippen LogP contribution in [0, 0.1) is 17.5 Å². The normalized spacial score (nSPS) is 13.7. The van der Waals surface area contributed by atoms with Gasteiger partial charge in [0.25, 0.3) is 23.7 Å². The number of carbonyl (C=O) groups excluding carboxylic acids is 5. The van der Waals surface area contributed by atoms with Crippen LogP contribution < -0.4 is 38.5 Å². The summed E-state index contributed by atoms with van der Waals surface area (Å²) in [6.45, 7) is 7.66. The van der Waals surface area contributed by atoms with Crippen LogP contribution in [-0.4, -0.2) is 123 Å². The number of carboxylic acids is 1. The minimum Gasteiger partial charge on any atom is -0.481 e. The van der Waals surface area contributed by atoms with Gasteiger partial charge >= 0.3 is 0 Å². The van der Waals surface area contributed by atoms with Crippen LogP contribution in [0.3, 0.4) is 0 Å². The quantitative estimate of drug-likeness (QED) is 0.0691. The van der Waals surface area contributed by atoms with Crippen molar-refractivity contribution in [3.8, 4) is 33.4 Å². The van der Waals surface area contributed by atoms with Crippen LogP contribution in [0.5, 0.6) is 0 Å². The van der Waals surface area contributed by atoms with Crippen LogP contribution in [0.15, 0.2) is 146 Å². The topological polar surface area (TPSA) is 294 Å². The number of carboxylic acid groups (broad SMARTS) is 1. The molecular formula is C63H59F3N12O7. The van der Waals surface area contributed by atoms with Gasteiger partial charge in [-0.05, 0) is 104 Å². The predicted octanol–water partition coefficient (Wildman–Crippen LogP) is 7.58. The highest BCUT2D eigenvalue weighted by Crippen LogP contribution is 2.33. The Morgan fingerprint density at radius 3 is 0.988 bits per heavy atom. The molecule has 85 heavy (non-hydrogen) atoms. The maximum Gasteiger partial charge on any atom is 0.300 e. The van der Waals surface area contributed by atoms with E-state index in [0.717, 1.165) is 58.8 Å². The average Bonchev–Trinajstić information content (AvgIpc) is 3.65. The van der Waals surface area contributed by atoms with E-state index in [1.807, 2.05) is 60.7 Å². The number of anilines is 3. The third kappa shape index (κ3) is 14.1. The Bertz CT molecular complexity index is 3900. The Labute approximate surface area is 485 Å². The molecule has 0 radical (unpaired) electrons. The van der Waals surface area contributed by atoms with Crippen molar-refractivity contribution in [3.05, 3.63) is 180 Å². The second-order valence-electron chi connectivity index (χ2n) is 20.5. The fourth-order valence-electron chi connectivity index (χ4n) is 9.71. The second-order valence-corrected chi connectivity index (χ2v) is 20.5. The summed E-state index contributed by atoms with van der Waals surface area (Å²) < 4.78 is 40.6. The highest BCUT2D eigenvalue weighted by molar-refractivity contribution is 6.12. The van der Waals surface area contributed by atoms with Crippen LogP contribution in [-0.2, 0) is 14.4 Å². The molecule has 3 aliphatic heterocycles. The zero-order chi connectivity index (χ0) is 60.6. The third-order valence-corrected chi connectivity index (χ3v) is 14.4. The molecule has 3 fully saturated rings. The Balaban J connectivity index is 0.000000148. The van der Waals surface area contributed by atoms with E-state index in [-0.39, 0.29) is 65.1 Å². The number of nitrogens with zero attached hydrogens (tertiary/aromatic N) is 5. The summed E-state index contributed by atoms with van der Waals surface area (Å²) in [4.78, 5) is 85.3. The number of rotatable bonds is 9. The van der Waals surface area contributed by atoms with Crippen molar-refractivity contribution in [2.75, 3.05) is 56.5 Å². The number of aromatic nitrogens is 3. The number of pyridine rings is 3. The van der Waals surface area contributed by atoms with Crippen LogP contribution in [0.25, 0.3) is 65.7 Å². The van der Waals surface area contributed by atoms with Crippen molar-refractivity contribution in [2.24, 2.45) is 0 Å². The molecular weight excluding hydrogens is 1090 g/mol. The molecule has 11 N–H and O–H groups in total. The van der Waals surface area contributed by atoms with Gasteiger partial charge in [0, 0.05) is 94.8 Å². The summed E-state index contributed by atoms with van der Waals surface area (Å²) in [6.07, 6.45) is 4.41. The highest BCUT2D eigenvalue weighted by Gasteiger charge is 2.32. The minimum absolute atomic E-state index is 0.00465. The van der Waals surface area contributed by atoms with Gasteiger partial charge in [-0.15, -0.1) is 0 Å². The molecule has 0 aliphatic carbocycles. The first-order chi connectivity index (χ1) is 40.7. The van der Waals surface area contributed by atoms with Crippen LogP contribution in [0.4, 0.5) is 30.6 Å². The number of nitrogens with two attached hydrogens (primary N) is 3. The SMILES string of the molecule is CC(=O)N1CC(NC(=O)c2cnc(N)c3cc(-c4cccc(F)c4)ccc23)C1.CC(=O)N1CC(NC(=O)c2cnc(N)c3cc(-c4cccc(F)c4)ccc23)C1.CC(=O)O.Nc1ncc(C(=O)NC2CNC2)c2ccc(-c3cccc(F)c3)cc12. The zero-order valence-electron chi connectivity index (χ0n) is 46.3. The number of carbonyl (C=O) groups is 6. The number of halogens is 3. The number of fused-ring (bicyclic) bond motifs is 3. The molecule has 0 unspecified atom stereocenters. The first kappa shape index (κ1) is 59.2. The summed E-state index contributed by atoms with van der Waals surface area (Å²) in [5.41, 5.74) is 24.0. The molecule has 0 atom stereocenters. The van der Waals surface area contributed by atoms with Crippen LogP contribution in [0.2, 0.25) is 0 Å². The number of nitrogens with one attached hydrogen (secondary N) is 4. The molecule has 3 aliphatic rings. The van der Waals surface area contributed by atoms with Gasteiger partial charge in [-0.3, -0.25) is 28.8 Å². The largest absolute Gasteiger partial charge is 0.481 e. The summed E-state index contributed by atoms with van der Waals surface area (Å²) in [7, 11) is 0. The maximum atomic E-state index is 13.5. The highest BCUT2D eigenvalue weighted by atomic mass is 19.1. The molecule has 6 heterocycles. The fourth-order valence-corrected chi connectivity index (χ4v) is 9.71. The molecule has 22 heteroatoms. The van der Waals surface area contributed by atoms with E-state index in [4.69, 9.17) is 27.1 Å². The van der Waals surface area contributed by atoms with Gasteiger partial charge in [-0.1, -0.05) is 72.8 Å². The number of hydrogen-bond donors (Lipinski definition) is 8. The van der Waals surface area contributed by atoms with E-state index < -0.39 is 5.97 Å². The van der Waals surface area contributed by atoms with Crippen molar-refractivity contribution in [1.29, 1.82) is 0 Å². The van der Waals surface area contributed by atoms with Crippen molar-refractivity contribution >= 4 is 85.3 Å². The molecule has 0 saturated carbocycles. The number of amides is 5. The lowest BCUT2D eigenvalue weighted by Gasteiger charge is -2.38. The van der Waals surface area contributed by atoms with Crippen LogP contribution >= 0.6 is 0 Å². The van der Waals surface area contributed by atoms with Gasteiger partial charge in [0.2, 0.25) is 11.8 Å². The second kappa shape index (κ2) is 25.8. The first-order valence-corrected chi connectivity index (χ1v) is 26.9. The van der Waals surface area contributed by atoms with E-state index in [0.29, 0.717) is 87.3 Å². The van der Waals surface area contributed by atoms with Gasteiger partial charge in [-0.25, -0.2) is 28.1 Å². The van der Waals surface area contributed by atoms with Gasteiger partial charge in [0.05, 0.1) is 34.8 Å². The fraction of sp³-hybridized carbons (Fsp3) is 0.190. The van der Waals surface area contributed by atoms with Crippen molar-refractivity contribution in [2.45, 2.75) is 38.9 Å². The van der Waals surface area contributed by atoms with Gasteiger partial charge in [0.1, 0.15) is 34.9 Å². The molecule has 12 rings (SSSR count). The first-order valence-electron chi connectivity index (χ1n) is 26.9. The van der Waals surface area contributed by atoms with E-state index in [2.05, 4.69) is 36.2 Å². The number of hydrogen-bond acceptors (Lipinski definition) is 13. The standard InChI is InChI=1S/2C21H19FN4O2.C19H17FN4O.C2H4O2/c2*1-12(27)26-10-16(11-26)25-21(28)19-9-24-20(23)18-8-14(5-6-17(18)19)13-3-2-4-15(22)7-13;20-13-3-1-2-11(6-13)12-4-5-15-16(7-12)18(21)23-10-17(15)19(25)24-14-8-22-9-14;1-2(3)4/h2*2-9,16H,10-11H2,1H3,(H2,23,24)(H,25,28);1-7,10,14,22H,8-9H2,(H2,21,23)(H,24,25);1H3,(H,3,4). The van der Waals surface area contributed by atoms with Crippen molar-refractivity contribution < 1.29 is 47.0 Å². The Morgan fingerprint density at radius 2 is 0.729 bits per heavy atom. The lowest BCUT2D eigenvalue weighted by molar-refractivity contribution is -0.135. The number of likely N-dealkylation sites (tertiary alicyclic amines) is 2. The Kier molecular flexibility index (Phi) is 17.9. The van der Waals surface area contributed by atoms with E-state index in [9.17, 15) is 37.1 Å². The third-order valence-electron chi connectivity index (χ3n) is 14.4. The Morgan fingerprint density at radius 1 is 0.447 bits per heavy atom. The summed E-state index contributed by atoms with van der Waals surface area (Å²) >= 11 is 0.